The molecule has 2 aromatic rings. The van der Waals surface area contributed by atoms with Crippen molar-refractivity contribution in [2.75, 3.05) is 13.1 Å². The predicted octanol–water partition coefficient (Wildman–Crippen LogP) is 1.88. The highest BCUT2D eigenvalue weighted by Gasteiger charge is 2.29. The minimum atomic E-state index is -0.554. The van der Waals surface area contributed by atoms with Gasteiger partial charge in [0.2, 0.25) is 0 Å². The second kappa shape index (κ2) is 6.80. The van der Waals surface area contributed by atoms with Gasteiger partial charge in [0.1, 0.15) is 29.4 Å². The summed E-state index contributed by atoms with van der Waals surface area (Å²) in [6, 6.07) is 11.8. The topological polar surface area (TPSA) is 90.2 Å². The van der Waals surface area contributed by atoms with E-state index in [9.17, 15) is 20.1 Å². The van der Waals surface area contributed by atoms with Crippen LogP contribution in [0.25, 0.3) is 0 Å². The van der Waals surface area contributed by atoms with E-state index in [1.54, 1.807) is 0 Å². The Bertz CT molecular complexity index is 732. The number of hydrogen-bond acceptors (Lipinski definition) is 5. The minimum Gasteiger partial charge on any atom is -0.508 e. The van der Waals surface area contributed by atoms with Crippen LogP contribution in [0.2, 0.25) is 0 Å². The van der Waals surface area contributed by atoms with E-state index in [2.05, 4.69) is 0 Å². The van der Waals surface area contributed by atoms with Crippen molar-refractivity contribution in [1.29, 1.82) is 0 Å². The average molecular weight is 329 g/mol. The van der Waals surface area contributed by atoms with E-state index in [1.165, 1.54) is 11.0 Å². The molecule has 0 bridgehead atoms. The Balaban J connectivity index is 1.86. The molecule has 1 atom stereocenters. The molecule has 126 valence electrons. The number of hydrogen-bond donors (Lipinski definition) is 3. The first-order chi connectivity index (χ1) is 11.5. The first kappa shape index (κ1) is 16.1. The van der Waals surface area contributed by atoms with Crippen LogP contribution in [0, 0.1) is 0 Å². The first-order valence-corrected chi connectivity index (χ1v) is 7.74. The lowest BCUT2D eigenvalue weighted by Gasteiger charge is -2.19. The molecule has 2 aromatic carbocycles. The molecular weight excluding hydrogens is 310 g/mol. The summed E-state index contributed by atoms with van der Waals surface area (Å²) in [5, 5.41) is 29.4. The van der Waals surface area contributed by atoms with E-state index in [0.717, 1.165) is 11.6 Å². The number of likely N-dealkylation sites (tertiary alicyclic amines) is 1. The Morgan fingerprint density at radius 3 is 2.62 bits per heavy atom. The first-order valence-electron chi connectivity index (χ1n) is 7.74. The van der Waals surface area contributed by atoms with Crippen molar-refractivity contribution in [2.24, 2.45) is 0 Å². The third kappa shape index (κ3) is 3.44. The van der Waals surface area contributed by atoms with Gasteiger partial charge in [-0.3, -0.25) is 4.79 Å². The molecule has 3 N–H and O–H groups in total. The number of carbonyl (C=O) groups is 1. The average Bonchev–Trinajstić information content (AvgIpc) is 2.99. The molecule has 0 saturated carbocycles. The number of benzene rings is 2. The summed E-state index contributed by atoms with van der Waals surface area (Å²) >= 11 is 0. The molecule has 0 aromatic heterocycles. The van der Waals surface area contributed by atoms with Crippen LogP contribution in [-0.4, -0.2) is 45.3 Å². The number of carbonyl (C=O) groups excluding carboxylic acids is 1. The second-order valence-electron chi connectivity index (χ2n) is 5.81. The molecule has 1 amide bonds. The molecular formula is C18H19NO5. The summed E-state index contributed by atoms with van der Waals surface area (Å²) < 4.78 is 5.66. The predicted molar refractivity (Wildman–Crippen MR) is 87.1 cm³/mol. The minimum absolute atomic E-state index is 0.00201. The highest BCUT2D eigenvalue weighted by Crippen LogP contribution is 2.35. The molecule has 0 aliphatic carbocycles. The molecule has 0 spiro atoms. The normalized spacial score (nSPS) is 17.0. The van der Waals surface area contributed by atoms with Crippen LogP contribution in [0.1, 0.15) is 22.3 Å². The lowest BCUT2D eigenvalue weighted by molar-refractivity contribution is 0.0756. The van der Waals surface area contributed by atoms with Gasteiger partial charge in [-0.25, -0.2) is 0 Å². The number of aromatic hydroxyl groups is 2. The summed E-state index contributed by atoms with van der Waals surface area (Å²) in [6.07, 6.45) is -0.0490. The number of aliphatic hydroxyl groups excluding tert-OH is 1. The van der Waals surface area contributed by atoms with E-state index in [4.69, 9.17) is 4.74 Å². The highest BCUT2D eigenvalue weighted by molar-refractivity contribution is 6.00. The summed E-state index contributed by atoms with van der Waals surface area (Å²) in [7, 11) is 0. The van der Waals surface area contributed by atoms with Crippen molar-refractivity contribution in [1.82, 2.24) is 4.90 Å². The van der Waals surface area contributed by atoms with Crippen molar-refractivity contribution in [2.45, 2.75) is 19.1 Å². The van der Waals surface area contributed by atoms with Gasteiger partial charge in [-0.1, -0.05) is 30.3 Å². The number of rotatable bonds is 4. The van der Waals surface area contributed by atoms with Gasteiger partial charge >= 0.3 is 0 Å². The quantitative estimate of drug-likeness (QED) is 0.797. The Kier molecular flexibility index (Phi) is 4.57. The number of phenolic OH excluding ortho intramolecular Hbond substituents is 2. The number of phenols is 2. The molecule has 1 heterocycles. The molecule has 1 saturated heterocycles. The van der Waals surface area contributed by atoms with Gasteiger partial charge < -0.3 is 25.0 Å². The number of aliphatic hydroxyl groups is 1. The SMILES string of the molecule is O=C(c1c(O)cc(O)cc1OCc1ccccc1)N1CC[C@@H](O)C1. The molecule has 3 rings (SSSR count). The summed E-state index contributed by atoms with van der Waals surface area (Å²) in [5.74, 6) is -0.840. The maximum absolute atomic E-state index is 12.6. The molecule has 0 unspecified atom stereocenters. The number of ether oxygens (including phenoxy) is 1. The molecule has 0 radical (unpaired) electrons. The zero-order valence-electron chi connectivity index (χ0n) is 13.1. The van der Waals surface area contributed by atoms with Crippen LogP contribution in [0.5, 0.6) is 17.2 Å². The fraction of sp³-hybridized carbons (Fsp3) is 0.278. The van der Waals surface area contributed by atoms with Crippen LogP contribution in [0.4, 0.5) is 0 Å². The van der Waals surface area contributed by atoms with Crippen LogP contribution >= 0.6 is 0 Å². The Hall–Kier alpha value is -2.73. The molecule has 1 fully saturated rings. The lowest BCUT2D eigenvalue weighted by Crippen LogP contribution is -2.30. The fourth-order valence-electron chi connectivity index (χ4n) is 2.74. The lowest BCUT2D eigenvalue weighted by atomic mass is 10.1. The van der Waals surface area contributed by atoms with Gasteiger partial charge in [0.15, 0.2) is 0 Å². The maximum Gasteiger partial charge on any atom is 0.261 e. The standard InChI is InChI=1S/C18H19NO5/c20-13-6-7-19(10-13)18(23)17-15(22)8-14(21)9-16(17)24-11-12-4-2-1-3-5-12/h1-5,8-9,13,20-22H,6-7,10-11H2/t13-/m1/s1. The largest absolute Gasteiger partial charge is 0.508 e. The molecule has 1 aliphatic heterocycles. The molecule has 24 heavy (non-hydrogen) atoms. The van der Waals surface area contributed by atoms with Gasteiger partial charge in [0, 0.05) is 25.2 Å². The van der Waals surface area contributed by atoms with Gasteiger partial charge in [0.05, 0.1) is 6.10 Å². The molecule has 6 heteroatoms. The van der Waals surface area contributed by atoms with E-state index >= 15 is 0 Å². The molecule has 6 nitrogen and oxygen atoms in total. The van der Waals surface area contributed by atoms with Gasteiger partial charge in [-0.05, 0) is 12.0 Å². The third-order valence-corrected chi connectivity index (χ3v) is 3.97. The Morgan fingerprint density at radius 2 is 1.96 bits per heavy atom. The van der Waals surface area contributed by atoms with E-state index in [-0.39, 0.29) is 36.0 Å². The van der Waals surface area contributed by atoms with E-state index < -0.39 is 12.0 Å². The van der Waals surface area contributed by atoms with Gasteiger partial charge in [-0.15, -0.1) is 0 Å². The second-order valence-corrected chi connectivity index (χ2v) is 5.81. The number of nitrogens with zero attached hydrogens (tertiary/aromatic N) is 1. The zero-order valence-corrected chi connectivity index (χ0v) is 13.1. The van der Waals surface area contributed by atoms with Crippen molar-refractivity contribution in [3.8, 4) is 17.2 Å². The highest BCUT2D eigenvalue weighted by atomic mass is 16.5. The number of β-amino-alcohol motifs (C(OH)–C–C–N with tert-alkyl or cyclic N) is 1. The van der Waals surface area contributed by atoms with E-state index in [0.29, 0.717) is 13.0 Å². The van der Waals surface area contributed by atoms with Crippen LogP contribution < -0.4 is 4.74 Å². The van der Waals surface area contributed by atoms with Gasteiger partial charge in [0.25, 0.3) is 5.91 Å². The fourth-order valence-corrected chi connectivity index (χ4v) is 2.74. The smallest absolute Gasteiger partial charge is 0.261 e. The third-order valence-electron chi connectivity index (χ3n) is 3.97. The summed E-state index contributed by atoms with van der Waals surface area (Å²) in [4.78, 5) is 14.1. The van der Waals surface area contributed by atoms with Crippen molar-refractivity contribution >= 4 is 5.91 Å². The summed E-state index contributed by atoms with van der Waals surface area (Å²) in [5.41, 5.74) is 0.896. The van der Waals surface area contributed by atoms with Gasteiger partial charge in [-0.2, -0.15) is 0 Å². The maximum atomic E-state index is 12.6. The zero-order chi connectivity index (χ0) is 17.1. The van der Waals surface area contributed by atoms with E-state index in [1.807, 2.05) is 30.3 Å². The Labute approximate surface area is 139 Å². The Morgan fingerprint density at radius 1 is 1.21 bits per heavy atom. The monoisotopic (exact) mass is 329 g/mol. The van der Waals surface area contributed by atoms with Crippen LogP contribution in [0.3, 0.4) is 0 Å². The van der Waals surface area contributed by atoms with Crippen molar-refractivity contribution < 1.29 is 24.9 Å². The van der Waals surface area contributed by atoms with Crippen molar-refractivity contribution in [3.05, 3.63) is 53.6 Å². The number of amides is 1. The van der Waals surface area contributed by atoms with Crippen LogP contribution in [-0.2, 0) is 6.61 Å². The molecule has 1 aliphatic rings. The van der Waals surface area contributed by atoms with Crippen LogP contribution in [0.15, 0.2) is 42.5 Å². The summed E-state index contributed by atoms with van der Waals surface area (Å²) in [6.45, 7) is 0.836. The van der Waals surface area contributed by atoms with Crippen molar-refractivity contribution in [3.63, 3.8) is 0 Å².